The van der Waals surface area contributed by atoms with Gasteiger partial charge in [0.1, 0.15) is 0 Å². The van der Waals surface area contributed by atoms with Crippen molar-refractivity contribution in [2.45, 2.75) is 18.9 Å². The number of anilines is 1. The maximum Gasteiger partial charge on any atom is 0.242 e. The molecule has 0 radical (unpaired) electrons. The Kier molecular flexibility index (Phi) is 2.40. The molecule has 1 aliphatic carbocycles. The highest BCUT2D eigenvalue weighted by molar-refractivity contribution is 5.20. The number of hydrogen-bond donors (Lipinski definition) is 2. The average Bonchev–Trinajstić information content (AvgIpc) is 2.86. The fourth-order valence-electron chi connectivity index (χ4n) is 1.12. The Bertz CT molecular complexity index is 266. The monoisotopic (exact) mass is 182 g/mol. The number of aryl methyl sites for hydroxylation is 1. The molecule has 0 aliphatic heterocycles. The third kappa shape index (κ3) is 2.38. The molecule has 0 amide bonds. The molecule has 72 valence electrons. The predicted octanol–water partition coefficient (Wildman–Crippen LogP) is -0.626. The largest absolute Gasteiger partial charge is 0.352 e. The molecular formula is C7H14N6. The van der Waals surface area contributed by atoms with Gasteiger partial charge in [0.15, 0.2) is 0 Å². The smallest absolute Gasteiger partial charge is 0.242 e. The van der Waals surface area contributed by atoms with Gasteiger partial charge in [-0.2, -0.15) is 0 Å². The molecule has 6 nitrogen and oxygen atoms in total. The minimum absolute atomic E-state index is 0.720. The van der Waals surface area contributed by atoms with Crippen molar-refractivity contribution < 1.29 is 0 Å². The number of nitrogens with one attached hydrogen (secondary N) is 2. The van der Waals surface area contributed by atoms with Crippen LogP contribution < -0.4 is 10.6 Å². The molecule has 0 bridgehead atoms. The van der Waals surface area contributed by atoms with Gasteiger partial charge in [0.2, 0.25) is 5.95 Å². The predicted molar refractivity (Wildman–Crippen MR) is 48.3 cm³/mol. The minimum Gasteiger partial charge on any atom is -0.352 e. The van der Waals surface area contributed by atoms with E-state index >= 15 is 0 Å². The lowest BCUT2D eigenvalue weighted by Crippen LogP contribution is -2.24. The Hall–Kier alpha value is -1.17. The van der Waals surface area contributed by atoms with Gasteiger partial charge in [-0.3, -0.25) is 0 Å². The molecule has 1 aromatic heterocycles. The minimum atomic E-state index is 0.720. The Morgan fingerprint density at radius 2 is 2.31 bits per heavy atom. The summed E-state index contributed by atoms with van der Waals surface area (Å²) in [6, 6.07) is 0.763. The van der Waals surface area contributed by atoms with Crippen molar-refractivity contribution in [2.24, 2.45) is 7.05 Å². The van der Waals surface area contributed by atoms with Crippen LogP contribution in [0.2, 0.25) is 0 Å². The highest BCUT2D eigenvalue weighted by atomic mass is 15.6. The highest BCUT2D eigenvalue weighted by Gasteiger charge is 2.19. The van der Waals surface area contributed by atoms with E-state index in [1.807, 2.05) is 7.05 Å². The van der Waals surface area contributed by atoms with E-state index in [2.05, 4.69) is 26.2 Å². The quantitative estimate of drug-likeness (QED) is 0.594. The molecule has 2 N–H and O–H groups in total. The number of hydrogen-bond acceptors (Lipinski definition) is 5. The van der Waals surface area contributed by atoms with E-state index in [0.717, 1.165) is 25.1 Å². The van der Waals surface area contributed by atoms with Gasteiger partial charge >= 0.3 is 0 Å². The van der Waals surface area contributed by atoms with Crippen LogP contribution >= 0.6 is 0 Å². The standard InChI is InChI=1S/C7H14N6/c1-13-7(10-11-12-13)9-5-4-8-6-2-3-6/h6,8H,2-5H2,1H3,(H,9,10,12). The topological polar surface area (TPSA) is 67.7 Å². The molecule has 0 aromatic carbocycles. The first-order valence-corrected chi connectivity index (χ1v) is 4.56. The molecule has 0 saturated heterocycles. The number of nitrogens with zero attached hydrogens (tertiary/aromatic N) is 4. The van der Waals surface area contributed by atoms with Gasteiger partial charge in [-0.1, -0.05) is 5.10 Å². The zero-order chi connectivity index (χ0) is 9.10. The average molecular weight is 182 g/mol. The first kappa shape index (κ1) is 8.43. The van der Waals surface area contributed by atoms with Gasteiger partial charge in [-0.25, -0.2) is 4.68 Å². The summed E-state index contributed by atoms with van der Waals surface area (Å²) in [6.07, 6.45) is 2.65. The highest BCUT2D eigenvalue weighted by Crippen LogP contribution is 2.17. The van der Waals surface area contributed by atoms with Crippen molar-refractivity contribution in [3.63, 3.8) is 0 Å². The number of tetrazole rings is 1. The normalized spacial score (nSPS) is 16.1. The summed E-state index contributed by atoms with van der Waals surface area (Å²) in [6.45, 7) is 1.84. The van der Waals surface area contributed by atoms with E-state index in [4.69, 9.17) is 0 Å². The first-order chi connectivity index (χ1) is 6.36. The van der Waals surface area contributed by atoms with Gasteiger partial charge in [0.05, 0.1) is 0 Å². The summed E-state index contributed by atoms with van der Waals surface area (Å²) in [5, 5.41) is 17.6. The lowest BCUT2D eigenvalue weighted by molar-refractivity contribution is 0.688. The summed E-state index contributed by atoms with van der Waals surface area (Å²) < 4.78 is 1.62. The van der Waals surface area contributed by atoms with Crippen molar-refractivity contribution in [3.05, 3.63) is 0 Å². The van der Waals surface area contributed by atoms with Crippen LogP contribution in [0.1, 0.15) is 12.8 Å². The number of aromatic nitrogens is 4. The fourth-order valence-corrected chi connectivity index (χ4v) is 1.12. The van der Waals surface area contributed by atoms with E-state index in [9.17, 15) is 0 Å². The van der Waals surface area contributed by atoms with Crippen LogP contribution in [0.4, 0.5) is 5.95 Å². The van der Waals surface area contributed by atoms with E-state index < -0.39 is 0 Å². The second kappa shape index (κ2) is 3.69. The summed E-state index contributed by atoms with van der Waals surface area (Å²) >= 11 is 0. The first-order valence-electron chi connectivity index (χ1n) is 4.56. The lowest BCUT2D eigenvalue weighted by atomic mass is 10.5. The lowest BCUT2D eigenvalue weighted by Gasteiger charge is -2.04. The molecule has 13 heavy (non-hydrogen) atoms. The molecule has 1 fully saturated rings. The second-order valence-electron chi connectivity index (χ2n) is 3.28. The maximum absolute atomic E-state index is 3.81. The van der Waals surface area contributed by atoms with Crippen LogP contribution in [-0.4, -0.2) is 39.3 Å². The Labute approximate surface area is 76.7 Å². The van der Waals surface area contributed by atoms with Crippen LogP contribution in [0.5, 0.6) is 0 Å². The third-order valence-corrected chi connectivity index (χ3v) is 2.04. The SMILES string of the molecule is Cn1nnnc1NCCNC1CC1. The molecule has 0 unspecified atom stereocenters. The van der Waals surface area contributed by atoms with Crippen molar-refractivity contribution in [3.8, 4) is 0 Å². The van der Waals surface area contributed by atoms with Crippen molar-refractivity contribution in [1.82, 2.24) is 25.5 Å². The van der Waals surface area contributed by atoms with E-state index in [0.29, 0.717) is 0 Å². The fraction of sp³-hybridized carbons (Fsp3) is 0.857. The van der Waals surface area contributed by atoms with Gasteiger partial charge < -0.3 is 10.6 Å². The van der Waals surface area contributed by atoms with Crippen LogP contribution in [0, 0.1) is 0 Å². The zero-order valence-corrected chi connectivity index (χ0v) is 7.69. The third-order valence-electron chi connectivity index (χ3n) is 2.04. The summed E-state index contributed by atoms with van der Waals surface area (Å²) in [5.74, 6) is 0.720. The zero-order valence-electron chi connectivity index (χ0n) is 7.69. The van der Waals surface area contributed by atoms with Gasteiger partial charge in [-0.15, -0.1) is 0 Å². The van der Waals surface area contributed by atoms with Crippen molar-refractivity contribution >= 4 is 5.95 Å². The van der Waals surface area contributed by atoms with Crippen LogP contribution in [0.3, 0.4) is 0 Å². The second-order valence-corrected chi connectivity index (χ2v) is 3.28. The summed E-state index contributed by atoms with van der Waals surface area (Å²) in [5.41, 5.74) is 0. The summed E-state index contributed by atoms with van der Waals surface area (Å²) in [7, 11) is 1.82. The molecule has 1 aromatic rings. The molecule has 0 spiro atoms. The van der Waals surface area contributed by atoms with E-state index in [-0.39, 0.29) is 0 Å². The Morgan fingerprint density at radius 1 is 1.46 bits per heavy atom. The van der Waals surface area contributed by atoms with Crippen LogP contribution in [-0.2, 0) is 7.05 Å². The molecule has 6 heteroatoms. The molecule has 1 saturated carbocycles. The van der Waals surface area contributed by atoms with Gasteiger partial charge in [0, 0.05) is 26.2 Å². The van der Waals surface area contributed by atoms with Crippen molar-refractivity contribution in [2.75, 3.05) is 18.4 Å². The Morgan fingerprint density at radius 3 is 2.92 bits per heavy atom. The van der Waals surface area contributed by atoms with E-state index in [1.165, 1.54) is 12.8 Å². The Balaban J connectivity index is 1.64. The van der Waals surface area contributed by atoms with Crippen LogP contribution in [0.15, 0.2) is 0 Å². The van der Waals surface area contributed by atoms with Gasteiger partial charge in [0.25, 0.3) is 0 Å². The van der Waals surface area contributed by atoms with E-state index in [1.54, 1.807) is 4.68 Å². The van der Waals surface area contributed by atoms with Gasteiger partial charge in [-0.05, 0) is 23.3 Å². The van der Waals surface area contributed by atoms with Crippen molar-refractivity contribution in [1.29, 1.82) is 0 Å². The maximum atomic E-state index is 3.81. The molecule has 1 heterocycles. The molecule has 2 rings (SSSR count). The molecule has 0 atom stereocenters. The molecule has 1 aliphatic rings. The molecular weight excluding hydrogens is 168 g/mol. The van der Waals surface area contributed by atoms with Crippen LogP contribution in [0.25, 0.3) is 0 Å². The summed E-state index contributed by atoms with van der Waals surface area (Å²) in [4.78, 5) is 0. The number of rotatable bonds is 5.